The average Bonchev–Trinajstić information content (AvgIpc) is 2.56. The Morgan fingerprint density at radius 1 is 1.36 bits per heavy atom. The van der Waals surface area contributed by atoms with Crippen molar-refractivity contribution in [2.75, 3.05) is 26.0 Å². The third kappa shape index (κ3) is 3.22. The molecule has 0 unspecified atom stereocenters. The normalized spacial score (nSPS) is 19.4. The SMILES string of the molecule is CN(CC1CCCC1)S(=O)(=O)CCO. The minimum atomic E-state index is -3.21. The topological polar surface area (TPSA) is 57.6 Å². The van der Waals surface area contributed by atoms with Gasteiger partial charge in [0.05, 0.1) is 12.4 Å². The number of aliphatic hydroxyl groups excluding tert-OH is 1. The van der Waals surface area contributed by atoms with Crippen LogP contribution in [0, 0.1) is 5.92 Å². The van der Waals surface area contributed by atoms with Gasteiger partial charge in [0.15, 0.2) is 0 Å². The Bertz CT molecular complexity index is 257. The van der Waals surface area contributed by atoms with Crippen molar-refractivity contribution in [3.05, 3.63) is 0 Å². The molecule has 0 atom stereocenters. The summed E-state index contributed by atoms with van der Waals surface area (Å²) in [6, 6.07) is 0. The third-order valence-corrected chi connectivity index (χ3v) is 4.61. The number of rotatable bonds is 5. The monoisotopic (exact) mass is 221 g/mol. The number of sulfonamides is 1. The van der Waals surface area contributed by atoms with E-state index in [9.17, 15) is 8.42 Å². The molecule has 0 aromatic heterocycles. The molecule has 14 heavy (non-hydrogen) atoms. The van der Waals surface area contributed by atoms with Gasteiger partial charge in [0, 0.05) is 13.6 Å². The van der Waals surface area contributed by atoms with Crippen molar-refractivity contribution >= 4 is 10.0 Å². The molecule has 0 radical (unpaired) electrons. The Kier molecular flexibility index (Phi) is 4.34. The van der Waals surface area contributed by atoms with Crippen molar-refractivity contribution in [3.8, 4) is 0 Å². The first kappa shape index (κ1) is 11.9. The largest absolute Gasteiger partial charge is 0.395 e. The van der Waals surface area contributed by atoms with Gasteiger partial charge in [-0.2, -0.15) is 0 Å². The lowest BCUT2D eigenvalue weighted by Gasteiger charge is -2.20. The fourth-order valence-corrected chi connectivity index (χ4v) is 2.92. The molecule has 0 heterocycles. The highest BCUT2D eigenvalue weighted by atomic mass is 32.2. The molecule has 1 aliphatic carbocycles. The molecular weight excluding hydrogens is 202 g/mol. The minimum Gasteiger partial charge on any atom is -0.395 e. The van der Waals surface area contributed by atoms with E-state index in [1.165, 1.54) is 17.1 Å². The van der Waals surface area contributed by atoms with E-state index in [4.69, 9.17) is 5.11 Å². The predicted octanol–water partition coefficient (Wildman–Crippen LogP) is 0.430. The molecule has 1 rings (SSSR count). The third-order valence-electron chi connectivity index (χ3n) is 2.81. The fourth-order valence-electron chi connectivity index (χ4n) is 1.94. The quantitative estimate of drug-likeness (QED) is 0.732. The lowest BCUT2D eigenvalue weighted by molar-refractivity contribution is 0.313. The van der Waals surface area contributed by atoms with E-state index in [1.807, 2.05) is 0 Å². The van der Waals surface area contributed by atoms with Crippen molar-refractivity contribution in [1.82, 2.24) is 4.31 Å². The highest BCUT2D eigenvalue weighted by molar-refractivity contribution is 7.89. The zero-order valence-corrected chi connectivity index (χ0v) is 9.46. The molecule has 4 nitrogen and oxygen atoms in total. The fraction of sp³-hybridized carbons (Fsp3) is 1.00. The Labute approximate surface area is 86.0 Å². The zero-order valence-electron chi connectivity index (χ0n) is 8.65. The standard InChI is InChI=1S/C9H19NO3S/c1-10(14(12,13)7-6-11)8-9-4-2-3-5-9/h9,11H,2-8H2,1H3. The molecule has 0 saturated heterocycles. The first-order chi connectivity index (χ1) is 6.56. The van der Waals surface area contributed by atoms with Crippen LogP contribution in [-0.2, 0) is 10.0 Å². The maximum Gasteiger partial charge on any atom is 0.216 e. The Balaban J connectivity index is 2.43. The van der Waals surface area contributed by atoms with Crippen LogP contribution >= 0.6 is 0 Å². The van der Waals surface area contributed by atoms with Crippen molar-refractivity contribution < 1.29 is 13.5 Å². The first-order valence-electron chi connectivity index (χ1n) is 5.11. The molecule has 0 spiro atoms. The predicted molar refractivity (Wildman–Crippen MR) is 55.5 cm³/mol. The molecule has 84 valence electrons. The van der Waals surface area contributed by atoms with E-state index in [-0.39, 0.29) is 12.4 Å². The van der Waals surface area contributed by atoms with Gasteiger partial charge in [-0.05, 0) is 18.8 Å². The molecule has 1 aliphatic rings. The lowest BCUT2D eigenvalue weighted by Crippen LogP contribution is -2.33. The molecule has 0 aliphatic heterocycles. The van der Waals surface area contributed by atoms with Crippen LogP contribution in [0.25, 0.3) is 0 Å². The van der Waals surface area contributed by atoms with E-state index in [0.717, 1.165) is 12.8 Å². The number of hydrogen-bond donors (Lipinski definition) is 1. The second-order valence-corrected chi connectivity index (χ2v) is 6.17. The van der Waals surface area contributed by atoms with E-state index < -0.39 is 10.0 Å². The van der Waals surface area contributed by atoms with E-state index >= 15 is 0 Å². The molecule has 1 fully saturated rings. The van der Waals surface area contributed by atoms with Crippen LogP contribution in [0.15, 0.2) is 0 Å². The van der Waals surface area contributed by atoms with Crippen LogP contribution in [0.1, 0.15) is 25.7 Å². The molecule has 0 bridgehead atoms. The van der Waals surface area contributed by atoms with Gasteiger partial charge in [-0.1, -0.05) is 12.8 Å². The van der Waals surface area contributed by atoms with Crippen LogP contribution in [-0.4, -0.2) is 43.8 Å². The average molecular weight is 221 g/mol. The van der Waals surface area contributed by atoms with Crippen molar-refractivity contribution in [2.45, 2.75) is 25.7 Å². The summed E-state index contributed by atoms with van der Waals surface area (Å²) < 4.78 is 24.4. The molecule has 0 amide bonds. The zero-order chi connectivity index (χ0) is 10.6. The number of aliphatic hydroxyl groups is 1. The highest BCUT2D eigenvalue weighted by Gasteiger charge is 2.23. The van der Waals surface area contributed by atoms with Crippen LogP contribution in [0.3, 0.4) is 0 Å². The van der Waals surface area contributed by atoms with Gasteiger partial charge in [0.25, 0.3) is 0 Å². The van der Waals surface area contributed by atoms with Gasteiger partial charge in [-0.25, -0.2) is 12.7 Å². The molecule has 0 aromatic rings. The summed E-state index contributed by atoms with van der Waals surface area (Å²) in [5.41, 5.74) is 0. The van der Waals surface area contributed by atoms with Gasteiger partial charge >= 0.3 is 0 Å². The second kappa shape index (κ2) is 5.09. The summed E-state index contributed by atoms with van der Waals surface area (Å²) in [5.74, 6) is 0.365. The van der Waals surface area contributed by atoms with Gasteiger partial charge in [0.1, 0.15) is 0 Å². The summed E-state index contributed by atoms with van der Waals surface area (Å²) >= 11 is 0. The van der Waals surface area contributed by atoms with Gasteiger partial charge in [-0.15, -0.1) is 0 Å². The molecule has 1 N–H and O–H groups in total. The molecule has 0 aromatic carbocycles. The smallest absolute Gasteiger partial charge is 0.216 e. The van der Waals surface area contributed by atoms with E-state index in [2.05, 4.69) is 0 Å². The number of nitrogens with zero attached hydrogens (tertiary/aromatic N) is 1. The summed E-state index contributed by atoms with van der Waals surface area (Å²) in [6.45, 7) is 0.319. The van der Waals surface area contributed by atoms with Crippen molar-refractivity contribution in [3.63, 3.8) is 0 Å². The first-order valence-corrected chi connectivity index (χ1v) is 6.72. The minimum absolute atomic E-state index is 0.157. The van der Waals surface area contributed by atoms with Crippen LogP contribution < -0.4 is 0 Å². The second-order valence-electron chi connectivity index (χ2n) is 3.97. The Hall–Kier alpha value is -0.130. The van der Waals surface area contributed by atoms with Crippen molar-refractivity contribution in [1.29, 1.82) is 0 Å². The van der Waals surface area contributed by atoms with Gasteiger partial charge in [-0.3, -0.25) is 0 Å². The lowest BCUT2D eigenvalue weighted by atomic mass is 10.1. The number of hydrogen-bond acceptors (Lipinski definition) is 3. The molecule has 5 heteroatoms. The highest BCUT2D eigenvalue weighted by Crippen LogP contribution is 2.25. The van der Waals surface area contributed by atoms with E-state index in [0.29, 0.717) is 12.5 Å². The maximum atomic E-state index is 11.5. The van der Waals surface area contributed by atoms with Crippen LogP contribution in [0.4, 0.5) is 0 Å². The van der Waals surface area contributed by atoms with Crippen molar-refractivity contribution in [2.24, 2.45) is 5.92 Å². The maximum absolute atomic E-state index is 11.5. The van der Waals surface area contributed by atoms with E-state index in [1.54, 1.807) is 7.05 Å². The summed E-state index contributed by atoms with van der Waals surface area (Å²) in [7, 11) is -1.61. The van der Waals surface area contributed by atoms with Gasteiger partial charge in [0.2, 0.25) is 10.0 Å². The summed E-state index contributed by atoms with van der Waals surface area (Å²) in [6.07, 6.45) is 4.72. The van der Waals surface area contributed by atoms with Gasteiger partial charge < -0.3 is 5.11 Å². The summed E-state index contributed by atoms with van der Waals surface area (Å²) in [5, 5.41) is 8.61. The molecule has 1 saturated carbocycles. The Morgan fingerprint density at radius 3 is 2.43 bits per heavy atom. The summed E-state index contributed by atoms with van der Waals surface area (Å²) in [4.78, 5) is 0. The molecular formula is C9H19NO3S. The van der Waals surface area contributed by atoms with Crippen LogP contribution in [0.2, 0.25) is 0 Å². The van der Waals surface area contributed by atoms with Crippen LogP contribution in [0.5, 0.6) is 0 Å². The Morgan fingerprint density at radius 2 is 1.93 bits per heavy atom.